The molecule has 1 aliphatic heterocycles. The predicted octanol–water partition coefficient (Wildman–Crippen LogP) is 3.50. The predicted molar refractivity (Wildman–Crippen MR) is 62.6 cm³/mol. The summed E-state index contributed by atoms with van der Waals surface area (Å²) in [6, 6.07) is 6.32. The summed E-state index contributed by atoms with van der Waals surface area (Å²) in [4.78, 5) is 0. The minimum atomic E-state index is 0.370. The molecule has 0 unspecified atom stereocenters. The van der Waals surface area contributed by atoms with Crippen molar-refractivity contribution in [2.45, 2.75) is 38.5 Å². The molecule has 1 saturated carbocycles. The summed E-state index contributed by atoms with van der Waals surface area (Å²) < 4.78 is 10.7. The Kier molecular flexibility index (Phi) is 2.73. The second-order valence-electron chi connectivity index (χ2n) is 4.68. The Morgan fingerprint density at radius 3 is 2.62 bits per heavy atom. The molecule has 3 rings (SSSR count). The molecule has 1 aliphatic carbocycles. The van der Waals surface area contributed by atoms with E-state index in [-0.39, 0.29) is 0 Å². The molecule has 2 heteroatoms. The zero-order valence-electron chi connectivity index (χ0n) is 9.50. The van der Waals surface area contributed by atoms with Crippen LogP contribution in [0.5, 0.6) is 11.5 Å². The normalized spacial score (nSPS) is 20.0. The second kappa shape index (κ2) is 4.36. The van der Waals surface area contributed by atoms with Gasteiger partial charge in [0.25, 0.3) is 0 Å². The van der Waals surface area contributed by atoms with Crippen LogP contribution in [-0.4, -0.2) is 6.79 Å². The van der Waals surface area contributed by atoms with Gasteiger partial charge in [-0.15, -0.1) is 0 Å². The van der Waals surface area contributed by atoms with Gasteiger partial charge in [0.05, 0.1) is 0 Å². The number of fused-ring (bicyclic) bond motifs is 1. The summed E-state index contributed by atoms with van der Waals surface area (Å²) in [6.07, 6.45) is 7.91. The highest BCUT2D eigenvalue weighted by molar-refractivity contribution is 5.45. The molecule has 1 aromatic carbocycles. The summed E-state index contributed by atoms with van der Waals surface area (Å²) in [5, 5.41) is 0. The lowest BCUT2D eigenvalue weighted by molar-refractivity contribution is 0.174. The molecule has 1 fully saturated rings. The third kappa shape index (κ3) is 2.01. The lowest BCUT2D eigenvalue weighted by Gasteiger charge is -2.20. The van der Waals surface area contributed by atoms with E-state index in [0.717, 1.165) is 17.9 Å². The molecular weight excluding hydrogens is 200 g/mol. The van der Waals surface area contributed by atoms with Gasteiger partial charge < -0.3 is 9.47 Å². The van der Waals surface area contributed by atoms with E-state index in [2.05, 4.69) is 12.1 Å². The van der Waals surface area contributed by atoms with Crippen molar-refractivity contribution < 1.29 is 9.47 Å². The molecule has 85 valence electrons. The van der Waals surface area contributed by atoms with Gasteiger partial charge in [0.15, 0.2) is 11.5 Å². The standard InChI is InChI=1S/C14H17O2/c1-2-4-11(5-3-1)8-12-6-7-13-14(9-12)16-10-15-13/h6-7,9H,1-5,8,10H2. The van der Waals surface area contributed by atoms with Gasteiger partial charge in [0.2, 0.25) is 6.79 Å². The largest absolute Gasteiger partial charge is 0.454 e. The van der Waals surface area contributed by atoms with Crippen LogP contribution >= 0.6 is 0 Å². The van der Waals surface area contributed by atoms with Gasteiger partial charge in [-0.2, -0.15) is 0 Å². The lowest BCUT2D eigenvalue weighted by atomic mass is 9.85. The van der Waals surface area contributed by atoms with Crippen LogP contribution in [0.3, 0.4) is 0 Å². The maximum atomic E-state index is 5.40. The van der Waals surface area contributed by atoms with Crippen LogP contribution in [0.4, 0.5) is 0 Å². The first kappa shape index (κ1) is 10.0. The summed E-state index contributed by atoms with van der Waals surface area (Å²) in [5.41, 5.74) is 1.36. The first-order chi connectivity index (χ1) is 7.92. The van der Waals surface area contributed by atoms with E-state index >= 15 is 0 Å². The van der Waals surface area contributed by atoms with Gasteiger partial charge in [-0.25, -0.2) is 0 Å². The maximum Gasteiger partial charge on any atom is 0.231 e. The van der Waals surface area contributed by atoms with Crippen molar-refractivity contribution in [2.75, 3.05) is 6.79 Å². The van der Waals surface area contributed by atoms with Gasteiger partial charge in [0.1, 0.15) is 0 Å². The molecular formula is C14H17O2. The molecule has 0 spiro atoms. The Hall–Kier alpha value is -1.18. The highest BCUT2D eigenvalue weighted by Gasteiger charge is 2.17. The van der Waals surface area contributed by atoms with Gasteiger partial charge in [-0.05, 0) is 42.9 Å². The smallest absolute Gasteiger partial charge is 0.231 e. The van der Waals surface area contributed by atoms with Crippen LogP contribution in [0, 0.1) is 5.92 Å². The molecule has 2 aliphatic rings. The molecule has 1 heterocycles. The average molecular weight is 217 g/mol. The van der Waals surface area contributed by atoms with E-state index in [4.69, 9.17) is 9.47 Å². The molecule has 0 N–H and O–H groups in total. The van der Waals surface area contributed by atoms with Crippen molar-refractivity contribution in [3.05, 3.63) is 29.7 Å². The summed E-state index contributed by atoms with van der Waals surface area (Å²) >= 11 is 0. The summed E-state index contributed by atoms with van der Waals surface area (Å²) in [7, 11) is 0. The zero-order chi connectivity index (χ0) is 10.8. The van der Waals surface area contributed by atoms with Crippen molar-refractivity contribution >= 4 is 0 Å². The van der Waals surface area contributed by atoms with Crippen molar-refractivity contribution in [2.24, 2.45) is 0 Å². The Balaban J connectivity index is 1.69. The summed E-state index contributed by atoms with van der Waals surface area (Å²) in [6.45, 7) is 0.370. The van der Waals surface area contributed by atoms with Crippen molar-refractivity contribution in [1.82, 2.24) is 0 Å². The molecule has 0 saturated heterocycles. The maximum absolute atomic E-state index is 5.40. The Morgan fingerprint density at radius 1 is 0.938 bits per heavy atom. The topological polar surface area (TPSA) is 18.5 Å². The van der Waals surface area contributed by atoms with Crippen LogP contribution in [-0.2, 0) is 6.42 Å². The minimum Gasteiger partial charge on any atom is -0.454 e. The van der Waals surface area contributed by atoms with E-state index in [0.29, 0.717) is 6.79 Å². The highest BCUT2D eigenvalue weighted by atomic mass is 16.7. The van der Waals surface area contributed by atoms with Crippen LogP contribution in [0.1, 0.15) is 37.7 Å². The van der Waals surface area contributed by atoms with E-state index in [9.17, 15) is 0 Å². The first-order valence-corrected chi connectivity index (χ1v) is 6.14. The fraction of sp³-hybridized carbons (Fsp3) is 0.500. The molecule has 1 aromatic rings. The first-order valence-electron chi connectivity index (χ1n) is 6.14. The molecule has 1 radical (unpaired) electrons. The van der Waals surface area contributed by atoms with Gasteiger partial charge in [-0.3, -0.25) is 0 Å². The quantitative estimate of drug-likeness (QED) is 0.755. The number of hydrogen-bond acceptors (Lipinski definition) is 2. The molecule has 0 bridgehead atoms. The van der Waals surface area contributed by atoms with E-state index in [1.165, 1.54) is 37.7 Å². The van der Waals surface area contributed by atoms with Crippen molar-refractivity contribution in [3.8, 4) is 11.5 Å². The molecule has 16 heavy (non-hydrogen) atoms. The minimum absolute atomic E-state index is 0.370. The van der Waals surface area contributed by atoms with Crippen LogP contribution in [0.15, 0.2) is 18.2 Å². The third-order valence-electron chi connectivity index (χ3n) is 3.45. The van der Waals surface area contributed by atoms with Crippen LogP contribution < -0.4 is 9.47 Å². The third-order valence-corrected chi connectivity index (χ3v) is 3.45. The molecule has 0 aromatic heterocycles. The van der Waals surface area contributed by atoms with E-state index < -0.39 is 0 Å². The summed E-state index contributed by atoms with van der Waals surface area (Å²) in [5.74, 6) is 3.50. The number of rotatable bonds is 2. The molecule has 0 atom stereocenters. The van der Waals surface area contributed by atoms with E-state index in [1.54, 1.807) is 5.92 Å². The van der Waals surface area contributed by atoms with Crippen LogP contribution in [0.2, 0.25) is 0 Å². The second-order valence-corrected chi connectivity index (χ2v) is 4.68. The SMILES string of the molecule is c1cc2c(cc1C[C]1CCCCC1)OCO2. The van der Waals surface area contributed by atoms with Crippen molar-refractivity contribution in [1.29, 1.82) is 0 Å². The monoisotopic (exact) mass is 217 g/mol. The van der Waals surface area contributed by atoms with Gasteiger partial charge in [-0.1, -0.05) is 25.3 Å². The van der Waals surface area contributed by atoms with Gasteiger partial charge in [0, 0.05) is 0 Å². The number of benzene rings is 1. The van der Waals surface area contributed by atoms with E-state index in [1.807, 2.05) is 6.07 Å². The Morgan fingerprint density at radius 2 is 1.75 bits per heavy atom. The highest BCUT2D eigenvalue weighted by Crippen LogP contribution is 2.35. The zero-order valence-corrected chi connectivity index (χ0v) is 9.50. The molecule has 2 nitrogen and oxygen atoms in total. The Labute approximate surface area is 96.6 Å². The fourth-order valence-corrected chi connectivity index (χ4v) is 2.57. The van der Waals surface area contributed by atoms with Crippen LogP contribution in [0.25, 0.3) is 0 Å². The fourth-order valence-electron chi connectivity index (χ4n) is 2.57. The van der Waals surface area contributed by atoms with Gasteiger partial charge >= 0.3 is 0 Å². The van der Waals surface area contributed by atoms with Crippen molar-refractivity contribution in [3.63, 3.8) is 0 Å². The Bertz CT molecular complexity index is 367. The molecule has 0 amide bonds. The average Bonchev–Trinajstić information content (AvgIpc) is 2.77. The number of ether oxygens (including phenoxy) is 2. The lowest BCUT2D eigenvalue weighted by Crippen LogP contribution is -2.06. The number of hydrogen-bond donors (Lipinski definition) is 0.